The van der Waals surface area contributed by atoms with Crippen LogP contribution in [-0.4, -0.2) is 24.7 Å². The van der Waals surface area contributed by atoms with Crippen molar-refractivity contribution in [3.63, 3.8) is 0 Å². The summed E-state index contributed by atoms with van der Waals surface area (Å²) in [7, 11) is 0. The standard InChI is InChI=1S/C14H18F2N2O2/c1-8(9-2-4-11(15)12(16)6-9)18-14(19)13-5-3-10(7-17)20-13/h2,4,6,8,10,13H,3,5,7,17H2,1H3,(H,18,19)/t8?,10-,13+/m1/s1. The molecule has 1 amide bonds. The van der Waals surface area contributed by atoms with Crippen LogP contribution in [0.3, 0.4) is 0 Å². The van der Waals surface area contributed by atoms with Gasteiger partial charge in [-0.1, -0.05) is 6.07 Å². The number of amides is 1. The number of nitrogens with one attached hydrogen (secondary N) is 1. The Morgan fingerprint density at radius 3 is 2.80 bits per heavy atom. The lowest BCUT2D eigenvalue weighted by Gasteiger charge is -2.18. The van der Waals surface area contributed by atoms with E-state index in [4.69, 9.17) is 10.5 Å². The van der Waals surface area contributed by atoms with Gasteiger partial charge in [-0.25, -0.2) is 8.78 Å². The van der Waals surface area contributed by atoms with E-state index in [1.807, 2.05) is 0 Å². The first-order valence-electron chi connectivity index (χ1n) is 6.62. The highest BCUT2D eigenvalue weighted by atomic mass is 19.2. The fourth-order valence-corrected chi connectivity index (χ4v) is 2.24. The zero-order valence-electron chi connectivity index (χ0n) is 11.2. The van der Waals surface area contributed by atoms with E-state index in [0.717, 1.165) is 18.6 Å². The zero-order chi connectivity index (χ0) is 14.7. The Hall–Kier alpha value is -1.53. The minimum atomic E-state index is -0.927. The lowest BCUT2D eigenvalue weighted by molar-refractivity contribution is -0.132. The molecule has 1 aromatic rings. The van der Waals surface area contributed by atoms with Crippen LogP contribution in [0.25, 0.3) is 0 Å². The van der Waals surface area contributed by atoms with Gasteiger partial charge < -0.3 is 15.8 Å². The van der Waals surface area contributed by atoms with Gasteiger partial charge in [0.1, 0.15) is 6.10 Å². The number of hydrogen-bond acceptors (Lipinski definition) is 3. The lowest BCUT2D eigenvalue weighted by atomic mass is 10.1. The monoisotopic (exact) mass is 284 g/mol. The molecule has 20 heavy (non-hydrogen) atoms. The van der Waals surface area contributed by atoms with Crippen LogP contribution in [0.5, 0.6) is 0 Å². The average Bonchev–Trinajstić information content (AvgIpc) is 2.90. The second-order valence-corrected chi connectivity index (χ2v) is 4.96. The van der Waals surface area contributed by atoms with Gasteiger partial charge in [-0.15, -0.1) is 0 Å². The van der Waals surface area contributed by atoms with Crippen LogP contribution in [0.4, 0.5) is 8.78 Å². The maximum atomic E-state index is 13.1. The molecule has 1 unspecified atom stereocenters. The lowest BCUT2D eigenvalue weighted by Crippen LogP contribution is -2.37. The van der Waals surface area contributed by atoms with Gasteiger partial charge in [-0.05, 0) is 37.5 Å². The maximum absolute atomic E-state index is 13.1. The number of carbonyl (C=O) groups is 1. The fraction of sp³-hybridized carbons (Fsp3) is 0.500. The molecule has 0 saturated carbocycles. The molecule has 0 aromatic heterocycles. The van der Waals surface area contributed by atoms with Crippen molar-refractivity contribution in [2.75, 3.05) is 6.54 Å². The van der Waals surface area contributed by atoms with E-state index < -0.39 is 23.8 Å². The molecule has 110 valence electrons. The molecule has 1 aliphatic rings. The molecule has 1 heterocycles. The van der Waals surface area contributed by atoms with E-state index in [1.165, 1.54) is 6.07 Å². The van der Waals surface area contributed by atoms with Gasteiger partial charge in [0, 0.05) is 6.54 Å². The van der Waals surface area contributed by atoms with Crippen molar-refractivity contribution in [1.29, 1.82) is 0 Å². The van der Waals surface area contributed by atoms with Gasteiger partial charge in [0.25, 0.3) is 0 Å². The summed E-state index contributed by atoms with van der Waals surface area (Å²) in [5.41, 5.74) is 5.99. The van der Waals surface area contributed by atoms with Crippen LogP contribution >= 0.6 is 0 Å². The fourth-order valence-electron chi connectivity index (χ4n) is 2.24. The second kappa shape index (κ2) is 6.28. The first kappa shape index (κ1) is 14.9. The van der Waals surface area contributed by atoms with Crippen molar-refractivity contribution in [3.8, 4) is 0 Å². The van der Waals surface area contributed by atoms with Gasteiger partial charge in [-0.3, -0.25) is 4.79 Å². The van der Waals surface area contributed by atoms with E-state index in [2.05, 4.69) is 5.32 Å². The van der Waals surface area contributed by atoms with Gasteiger partial charge in [0.15, 0.2) is 11.6 Å². The largest absolute Gasteiger partial charge is 0.364 e. The molecule has 0 radical (unpaired) electrons. The Labute approximate surface area is 116 Å². The first-order valence-corrected chi connectivity index (χ1v) is 6.62. The van der Waals surface area contributed by atoms with Crippen molar-refractivity contribution in [3.05, 3.63) is 35.4 Å². The summed E-state index contributed by atoms with van der Waals surface area (Å²) < 4.78 is 31.5. The van der Waals surface area contributed by atoms with E-state index in [1.54, 1.807) is 6.92 Å². The highest BCUT2D eigenvalue weighted by molar-refractivity contribution is 5.81. The number of benzene rings is 1. The molecule has 6 heteroatoms. The number of carbonyl (C=O) groups excluding carboxylic acids is 1. The van der Waals surface area contributed by atoms with E-state index in [9.17, 15) is 13.6 Å². The third kappa shape index (κ3) is 3.32. The Balaban J connectivity index is 1.95. The van der Waals surface area contributed by atoms with Crippen molar-refractivity contribution in [2.24, 2.45) is 5.73 Å². The summed E-state index contributed by atoms with van der Waals surface area (Å²) in [4.78, 5) is 12.0. The number of ether oxygens (including phenoxy) is 1. The summed E-state index contributed by atoms with van der Waals surface area (Å²) in [6.45, 7) is 2.10. The van der Waals surface area contributed by atoms with Crippen molar-refractivity contribution in [1.82, 2.24) is 5.32 Å². The Morgan fingerprint density at radius 2 is 2.20 bits per heavy atom. The third-order valence-electron chi connectivity index (χ3n) is 3.47. The summed E-state index contributed by atoms with van der Waals surface area (Å²) in [6, 6.07) is 3.15. The minimum Gasteiger partial charge on any atom is -0.364 e. The van der Waals surface area contributed by atoms with Crippen molar-refractivity contribution >= 4 is 5.91 Å². The molecule has 1 aromatic carbocycles. The highest BCUT2D eigenvalue weighted by Gasteiger charge is 2.30. The predicted octanol–water partition coefficient (Wildman–Crippen LogP) is 1.65. The molecule has 3 atom stereocenters. The molecular weight excluding hydrogens is 266 g/mol. The molecule has 1 fully saturated rings. The first-order chi connectivity index (χ1) is 9.51. The highest BCUT2D eigenvalue weighted by Crippen LogP contribution is 2.21. The number of rotatable bonds is 4. The summed E-state index contributed by atoms with van der Waals surface area (Å²) in [5, 5.41) is 2.74. The summed E-state index contributed by atoms with van der Waals surface area (Å²) >= 11 is 0. The van der Waals surface area contributed by atoms with E-state index in [0.29, 0.717) is 18.5 Å². The Morgan fingerprint density at radius 1 is 1.45 bits per heavy atom. The van der Waals surface area contributed by atoms with E-state index in [-0.39, 0.29) is 12.0 Å². The maximum Gasteiger partial charge on any atom is 0.249 e. The molecule has 4 nitrogen and oxygen atoms in total. The van der Waals surface area contributed by atoms with Gasteiger partial charge in [-0.2, -0.15) is 0 Å². The average molecular weight is 284 g/mol. The van der Waals surface area contributed by atoms with Crippen LogP contribution in [0.1, 0.15) is 31.4 Å². The number of halogens is 2. The summed E-state index contributed by atoms with van der Waals surface area (Å²) in [5.74, 6) is -2.08. The second-order valence-electron chi connectivity index (χ2n) is 4.96. The van der Waals surface area contributed by atoms with Gasteiger partial charge in [0.05, 0.1) is 12.1 Å². The van der Waals surface area contributed by atoms with Crippen molar-refractivity contribution < 1.29 is 18.3 Å². The molecule has 0 spiro atoms. The SMILES string of the molecule is CC(NC(=O)[C@@H]1CC[C@H](CN)O1)c1ccc(F)c(F)c1. The molecule has 2 rings (SSSR count). The minimum absolute atomic E-state index is 0.0793. The zero-order valence-corrected chi connectivity index (χ0v) is 11.2. The Bertz CT molecular complexity index is 496. The molecule has 1 aliphatic heterocycles. The van der Waals surface area contributed by atoms with Gasteiger partial charge >= 0.3 is 0 Å². The molecule has 3 N–H and O–H groups in total. The van der Waals surface area contributed by atoms with E-state index >= 15 is 0 Å². The quantitative estimate of drug-likeness (QED) is 0.883. The topological polar surface area (TPSA) is 64.4 Å². The number of hydrogen-bond donors (Lipinski definition) is 2. The van der Waals surface area contributed by atoms with Crippen LogP contribution in [-0.2, 0) is 9.53 Å². The van der Waals surface area contributed by atoms with Gasteiger partial charge in [0.2, 0.25) is 5.91 Å². The predicted molar refractivity (Wildman–Crippen MR) is 69.9 cm³/mol. The molecular formula is C14H18F2N2O2. The summed E-state index contributed by atoms with van der Waals surface area (Å²) in [6.07, 6.45) is 0.785. The smallest absolute Gasteiger partial charge is 0.249 e. The number of nitrogens with two attached hydrogens (primary N) is 1. The molecule has 0 aliphatic carbocycles. The normalized spacial score (nSPS) is 23.6. The van der Waals surface area contributed by atoms with Crippen LogP contribution in [0, 0.1) is 11.6 Å². The van der Waals surface area contributed by atoms with Crippen molar-refractivity contribution in [2.45, 2.75) is 38.0 Å². The van der Waals surface area contributed by atoms with Crippen LogP contribution in [0.2, 0.25) is 0 Å². The molecule has 1 saturated heterocycles. The van der Waals surface area contributed by atoms with Crippen LogP contribution < -0.4 is 11.1 Å². The third-order valence-corrected chi connectivity index (χ3v) is 3.47. The Kier molecular flexibility index (Phi) is 4.67. The van der Waals surface area contributed by atoms with Crippen LogP contribution in [0.15, 0.2) is 18.2 Å². The molecule has 0 bridgehead atoms.